The topological polar surface area (TPSA) is 268 Å². The van der Waals surface area contributed by atoms with Gasteiger partial charge in [-0.25, -0.2) is 0 Å². The molecule has 0 amide bonds. The molecule has 0 aliphatic heterocycles. The lowest BCUT2D eigenvalue weighted by Crippen LogP contribution is -2.42. The average molecular weight is 706 g/mol. The van der Waals surface area contributed by atoms with Gasteiger partial charge in [-0.2, -0.15) is 0 Å². The number of unbranched alkanes of at least 4 members (excludes halogenated alkanes) is 4. The Bertz CT molecular complexity index is 1030. The summed E-state index contributed by atoms with van der Waals surface area (Å²) in [6, 6.07) is -0.432. The summed E-state index contributed by atoms with van der Waals surface area (Å²) in [6.45, 7) is 7.31. The summed E-state index contributed by atoms with van der Waals surface area (Å²) in [7, 11) is 0. The van der Waals surface area contributed by atoms with Gasteiger partial charge in [0.2, 0.25) is 0 Å². The van der Waals surface area contributed by atoms with Crippen LogP contribution in [0.2, 0.25) is 0 Å². The number of carbonyl (C=O) groups excluding carboxylic acids is 2. The van der Waals surface area contributed by atoms with Crippen molar-refractivity contribution >= 4 is 35.8 Å². The maximum absolute atomic E-state index is 13.0. The van der Waals surface area contributed by atoms with Gasteiger partial charge in [-0.1, -0.05) is 65.7 Å². The average Bonchev–Trinajstić information content (AvgIpc) is 2.98. The number of carboxylic acids is 4. The van der Waals surface area contributed by atoms with Crippen LogP contribution in [-0.2, 0) is 38.2 Å². The molecule has 0 spiro atoms. The zero-order valence-electron chi connectivity index (χ0n) is 29.3. The van der Waals surface area contributed by atoms with E-state index in [1.807, 2.05) is 13.8 Å². The molecular weight excluding hydrogens is 646 g/mol. The normalized spacial score (nSPS) is 17.0. The SMILES string of the molecule is CCCC[C@H](C)[C@H](OC(=O)C[C@H](CC(=O)O)C(=O)O)[C@H](C[C@H](C)CCCCCC[C@H](O)C[C@H](O)[C@H](C)N)OC(=O)C[C@H](CC(=O)O)C(=O)O. The highest BCUT2D eigenvalue weighted by Crippen LogP contribution is 2.29. The van der Waals surface area contributed by atoms with Gasteiger partial charge in [0.25, 0.3) is 0 Å². The van der Waals surface area contributed by atoms with E-state index in [1.54, 1.807) is 13.8 Å². The van der Waals surface area contributed by atoms with Crippen LogP contribution in [0, 0.1) is 23.7 Å². The van der Waals surface area contributed by atoms with Crippen molar-refractivity contribution in [3.8, 4) is 0 Å². The van der Waals surface area contributed by atoms with Crippen molar-refractivity contribution < 1.29 is 68.9 Å². The van der Waals surface area contributed by atoms with E-state index in [0.29, 0.717) is 19.3 Å². The highest BCUT2D eigenvalue weighted by Gasteiger charge is 2.37. The second kappa shape index (κ2) is 24.8. The maximum atomic E-state index is 13.0. The summed E-state index contributed by atoms with van der Waals surface area (Å²) in [5.41, 5.74) is 5.64. The molecule has 9 atom stereocenters. The first-order chi connectivity index (χ1) is 22.9. The van der Waals surface area contributed by atoms with Gasteiger partial charge < -0.3 is 45.8 Å². The molecule has 0 aromatic rings. The number of aliphatic carboxylic acids is 4. The molecule has 284 valence electrons. The number of aliphatic hydroxyl groups excluding tert-OH is 2. The Balaban J connectivity index is 5.84. The quantitative estimate of drug-likeness (QED) is 0.0433. The Morgan fingerprint density at radius 3 is 1.57 bits per heavy atom. The number of carboxylic acid groups (broad SMARTS) is 4. The van der Waals surface area contributed by atoms with E-state index in [-0.39, 0.29) is 18.8 Å². The fraction of sp³-hybridized carbons (Fsp3) is 0.824. The lowest BCUT2D eigenvalue weighted by molar-refractivity contribution is -0.177. The predicted octanol–water partition coefficient (Wildman–Crippen LogP) is 3.59. The zero-order valence-corrected chi connectivity index (χ0v) is 29.3. The number of rotatable bonds is 29. The molecule has 8 N–H and O–H groups in total. The second-order valence-electron chi connectivity index (χ2n) is 13.4. The van der Waals surface area contributed by atoms with Crippen LogP contribution in [0.4, 0.5) is 0 Å². The molecule has 0 saturated carbocycles. The summed E-state index contributed by atoms with van der Waals surface area (Å²) >= 11 is 0. The van der Waals surface area contributed by atoms with Crippen LogP contribution < -0.4 is 5.73 Å². The first-order valence-corrected chi connectivity index (χ1v) is 17.3. The van der Waals surface area contributed by atoms with Crippen molar-refractivity contribution in [2.75, 3.05) is 0 Å². The molecule has 49 heavy (non-hydrogen) atoms. The number of aliphatic hydroxyl groups is 2. The number of hydrogen-bond acceptors (Lipinski definition) is 11. The minimum absolute atomic E-state index is 0.0859. The molecule has 0 aromatic carbocycles. The Morgan fingerprint density at radius 1 is 0.633 bits per heavy atom. The number of nitrogens with two attached hydrogens (primary N) is 1. The number of esters is 2. The Kier molecular flexibility index (Phi) is 23.1. The molecule has 0 bridgehead atoms. The minimum Gasteiger partial charge on any atom is -0.481 e. The summed E-state index contributed by atoms with van der Waals surface area (Å²) in [5.74, 6) is -11.3. The zero-order chi connectivity index (χ0) is 37.7. The third-order valence-electron chi connectivity index (χ3n) is 8.60. The fourth-order valence-electron chi connectivity index (χ4n) is 5.58. The van der Waals surface area contributed by atoms with E-state index >= 15 is 0 Å². The van der Waals surface area contributed by atoms with Crippen LogP contribution in [0.5, 0.6) is 0 Å². The van der Waals surface area contributed by atoms with Gasteiger partial charge in [0.05, 0.1) is 49.7 Å². The van der Waals surface area contributed by atoms with Gasteiger partial charge in [0.15, 0.2) is 0 Å². The Hall–Kier alpha value is -3.30. The molecule has 0 fully saturated rings. The first kappa shape index (κ1) is 45.7. The Labute approximate surface area is 288 Å². The third-order valence-corrected chi connectivity index (χ3v) is 8.60. The van der Waals surface area contributed by atoms with Crippen LogP contribution in [0.1, 0.15) is 124 Å². The first-order valence-electron chi connectivity index (χ1n) is 17.3. The predicted molar refractivity (Wildman–Crippen MR) is 176 cm³/mol. The van der Waals surface area contributed by atoms with Gasteiger partial charge in [-0.15, -0.1) is 0 Å². The number of carbonyl (C=O) groups is 6. The minimum atomic E-state index is -1.55. The van der Waals surface area contributed by atoms with E-state index in [9.17, 15) is 49.2 Å². The van der Waals surface area contributed by atoms with Gasteiger partial charge >= 0.3 is 35.8 Å². The molecule has 0 aromatic heterocycles. The van der Waals surface area contributed by atoms with Gasteiger partial charge in [-0.3, -0.25) is 28.8 Å². The highest BCUT2D eigenvalue weighted by molar-refractivity contribution is 5.83. The molecule has 0 radical (unpaired) electrons. The van der Waals surface area contributed by atoms with Gasteiger partial charge in [0.1, 0.15) is 12.2 Å². The smallest absolute Gasteiger partial charge is 0.307 e. The molecule has 0 aliphatic rings. The number of ether oxygens (including phenoxy) is 2. The second-order valence-corrected chi connectivity index (χ2v) is 13.4. The summed E-state index contributed by atoms with van der Waals surface area (Å²) in [5, 5.41) is 57.0. The van der Waals surface area contributed by atoms with Gasteiger partial charge in [-0.05, 0) is 38.0 Å². The van der Waals surface area contributed by atoms with Crippen molar-refractivity contribution in [1.29, 1.82) is 0 Å². The van der Waals surface area contributed by atoms with Crippen LogP contribution >= 0.6 is 0 Å². The molecule has 0 aliphatic carbocycles. The van der Waals surface area contributed by atoms with Crippen molar-refractivity contribution in [1.82, 2.24) is 0 Å². The largest absolute Gasteiger partial charge is 0.481 e. The molecule has 0 rings (SSSR count). The molecular formula is C34H59NO14. The van der Waals surface area contributed by atoms with E-state index in [4.69, 9.17) is 25.4 Å². The lowest BCUT2D eigenvalue weighted by atomic mass is 9.87. The Morgan fingerprint density at radius 2 is 1.12 bits per heavy atom. The lowest BCUT2D eigenvalue weighted by Gasteiger charge is -2.33. The number of hydrogen-bond donors (Lipinski definition) is 7. The molecule has 0 heterocycles. The van der Waals surface area contributed by atoms with Crippen LogP contribution in [0.3, 0.4) is 0 Å². The maximum Gasteiger partial charge on any atom is 0.307 e. The summed E-state index contributed by atoms with van der Waals surface area (Å²) < 4.78 is 11.5. The van der Waals surface area contributed by atoms with Crippen LogP contribution in [0.15, 0.2) is 0 Å². The van der Waals surface area contributed by atoms with Gasteiger partial charge in [0, 0.05) is 12.5 Å². The molecule has 0 saturated heterocycles. The molecule has 15 nitrogen and oxygen atoms in total. The fourth-order valence-corrected chi connectivity index (χ4v) is 5.58. The summed E-state index contributed by atoms with van der Waals surface area (Å²) in [6.07, 6.45) is 0.203. The van der Waals surface area contributed by atoms with Crippen molar-refractivity contribution in [2.24, 2.45) is 29.4 Å². The monoisotopic (exact) mass is 705 g/mol. The molecule has 0 unspecified atom stereocenters. The van der Waals surface area contributed by atoms with E-state index in [0.717, 1.165) is 38.5 Å². The van der Waals surface area contributed by atoms with Crippen LogP contribution in [0.25, 0.3) is 0 Å². The third kappa shape index (κ3) is 21.4. The summed E-state index contributed by atoms with van der Waals surface area (Å²) in [4.78, 5) is 71.6. The highest BCUT2D eigenvalue weighted by atomic mass is 16.6. The van der Waals surface area contributed by atoms with E-state index in [1.165, 1.54) is 0 Å². The van der Waals surface area contributed by atoms with E-state index in [2.05, 4.69) is 0 Å². The molecule has 15 heteroatoms. The van der Waals surface area contributed by atoms with Crippen molar-refractivity contribution in [2.45, 2.75) is 154 Å². The van der Waals surface area contributed by atoms with Crippen molar-refractivity contribution in [3.63, 3.8) is 0 Å². The standard InChI is InChI=1S/C34H59NO14/c1-5-6-12-21(3)32(49-31(43)18-24(34(46)47)16-29(40)41)27(48-30(42)17-23(33(44)45)15-28(38)39)14-20(2)11-9-7-8-10-13-25(36)19-26(37)22(4)35/h20-27,32,36-37H,5-19,35H2,1-4H3,(H,38,39)(H,40,41)(H,44,45)(H,46,47)/t20-,21+,22+,23+,24+,25+,26+,27+,32+/m1/s1. The van der Waals surface area contributed by atoms with E-state index < -0.39 is 110 Å². The van der Waals surface area contributed by atoms with Crippen LogP contribution in [-0.4, -0.2) is 96.9 Å². The van der Waals surface area contributed by atoms with Crippen molar-refractivity contribution in [3.05, 3.63) is 0 Å².